The van der Waals surface area contributed by atoms with E-state index in [0.29, 0.717) is 62.7 Å². The second kappa shape index (κ2) is 12.4. The van der Waals surface area contributed by atoms with Gasteiger partial charge < -0.3 is 19.3 Å². The molecule has 1 aromatic heterocycles. The topological polar surface area (TPSA) is 61.6 Å². The molecule has 0 spiro atoms. The first-order valence-electron chi connectivity index (χ1n) is 12.5. The molecule has 4 rings (SSSR count). The molecule has 6 nitrogen and oxygen atoms in total. The van der Waals surface area contributed by atoms with Crippen LogP contribution < -0.4 is 9.64 Å². The van der Waals surface area contributed by atoms with Crippen molar-refractivity contribution in [2.24, 2.45) is 0 Å². The maximum absolute atomic E-state index is 13.2. The van der Waals surface area contributed by atoms with E-state index in [1.807, 2.05) is 9.80 Å². The van der Waals surface area contributed by atoms with Gasteiger partial charge in [-0.1, -0.05) is 23.8 Å². The highest BCUT2D eigenvalue weighted by molar-refractivity contribution is 7.80. The number of nitriles is 1. The van der Waals surface area contributed by atoms with Gasteiger partial charge in [0.1, 0.15) is 16.6 Å². The van der Waals surface area contributed by atoms with Gasteiger partial charge in [-0.2, -0.15) is 31.6 Å². The first-order chi connectivity index (χ1) is 18.8. The Bertz CT molecular complexity index is 1250. The normalized spacial score (nSPS) is 20.2. The third-order valence-electron chi connectivity index (χ3n) is 6.86. The molecule has 40 heavy (non-hydrogen) atoms. The van der Waals surface area contributed by atoms with Crippen LogP contribution in [0.3, 0.4) is 0 Å². The minimum Gasteiger partial charge on any atom is -0.490 e. The Hall–Kier alpha value is -2.82. The molecule has 2 aromatic rings. The minimum atomic E-state index is -4.65. The quantitative estimate of drug-likeness (QED) is 0.275. The first-order valence-corrected chi connectivity index (χ1v) is 13.3. The van der Waals surface area contributed by atoms with E-state index in [4.69, 9.17) is 38.6 Å². The number of thiocarbonyl (C=S) groups is 1. The number of nitrogens with zero attached hydrogens (tertiary/aromatic N) is 4. The highest BCUT2D eigenvalue weighted by Gasteiger charge is 2.35. The average molecular weight is 607 g/mol. The van der Waals surface area contributed by atoms with Crippen LogP contribution in [0.5, 0.6) is 5.75 Å². The second-order valence-corrected chi connectivity index (χ2v) is 10.4. The largest absolute Gasteiger partial charge is 0.490 e. The summed E-state index contributed by atoms with van der Waals surface area (Å²) in [6, 6.07) is 5.77. The zero-order valence-corrected chi connectivity index (χ0v) is 22.6. The summed E-state index contributed by atoms with van der Waals surface area (Å²) in [6.07, 6.45) is -6.22. The molecule has 1 saturated heterocycles. The fraction of sp³-hybridized carbons (Fsp3) is 0.500. The predicted octanol–water partition coefficient (Wildman–Crippen LogP) is 6.50. The van der Waals surface area contributed by atoms with Gasteiger partial charge in [0.2, 0.25) is 0 Å². The first kappa shape index (κ1) is 30.1. The summed E-state index contributed by atoms with van der Waals surface area (Å²) in [7, 11) is 0. The van der Waals surface area contributed by atoms with Crippen molar-refractivity contribution in [2.45, 2.75) is 50.2 Å². The molecule has 14 heteroatoms. The number of hydrogen-bond donors (Lipinski definition) is 0. The summed E-state index contributed by atoms with van der Waals surface area (Å²) in [4.78, 5) is 8.32. The molecular formula is C26H25ClF6N4O2S. The third-order valence-corrected chi connectivity index (χ3v) is 7.52. The molecule has 1 aromatic carbocycles. The maximum Gasteiger partial charge on any atom is 0.417 e. The Morgan fingerprint density at radius 1 is 1.00 bits per heavy atom. The van der Waals surface area contributed by atoms with Crippen LogP contribution in [-0.2, 0) is 17.1 Å². The van der Waals surface area contributed by atoms with Gasteiger partial charge in [-0.05, 0) is 49.9 Å². The molecule has 0 radical (unpaired) electrons. The van der Waals surface area contributed by atoms with Gasteiger partial charge in [0.15, 0.2) is 0 Å². The van der Waals surface area contributed by atoms with Gasteiger partial charge in [0, 0.05) is 32.4 Å². The Kier molecular flexibility index (Phi) is 9.32. The van der Waals surface area contributed by atoms with E-state index < -0.39 is 29.0 Å². The highest BCUT2D eigenvalue weighted by Crippen LogP contribution is 2.36. The number of benzene rings is 1. The predicted molar refractivity (Wildman–Crippen MR) is 139 cm³/mol. The minimum absolute atomic E-state index is 0.0614. The van der Waals surface area contributed by atoms with Crippen LogP contribution in [0.15, 0.2) is 30.5 Å². The number of aromatic nitrogens is 1. The van der Waals surface area contributed by atoms with E-state index >= 15 is 0 Å². The molecule has 0 unspecified atom stereocenters. The van der Waals surface area contributed by atoms with E-state index in [-0.39, 0.29) is 29.6 Å². The lowest BCUT2D eigenvalue weighted by molar-refractivity contribution is -0.138. The summed E-state index contributed by atoms with van der Waals surface area (Å²) in [5.74, 6) is 0.370. The fourth-order valence-electron chi connectivity index (χ4n) is 4.70. The van der Waals surface area contributed by atoms with Crippen molar-refractivity contribution in [1.29, 1.82) is 5.26 Å². The Labute approximate surface area is 237 Å². The molecule has 2 aliphatic rings. The SMILES string of the molecule is N#Cc1ccc(O[C@H]2CC[C@H](OCC(=S)N3CCN(c4ncc(C(F)(F)F)cc4Cl)CC3)CC2)cc1C(F)(F)F. The van der Waals surface area contributed by atoms with Gasteiger partial charge in [-0.3, -0.25) is 0 Å². The zero-order chi connectivity index (χ0) is 29.1. The Morgan fingerprint density at radius 2 is 1.65 bits per heavy atom. The lowest BCUT2D eigenvalue weighted by Crippen LogP contribution is -2.49. The molecule has 1 aliphatic heterocycles. The number of alkyl halides is 6. The van der Waals surface area contributed by atoms with Gasteiger partial charge in [-0.15, -0.1) is 0 Å². The van der Waals surface area contributed by atoms with Crippen molar-refractivity contribution in [1.82, 2.24) is 9.88 Å². The molecule has 0 N–H and O–H groups in total. The number of ether oxygens (including phenoxy) is 2. The van der Waals surface area contributed by atoms with Gasteiger partial charge in [-0.25, -0.2) is 4.98 Å². The van der Waals surface area contributed by atoms with E-state index in [1.165, 1.54) is 6.07 Å². The van der Waals surface area contributed by atoms with E-state index in [0.717, 1.165) is 24.4 Å². The highest BCUT2D eigenvalue weighted by atomic mass is 35.5. The molecule has 1 saturated carbocycles. The number of piperazine rings is 1. The maximum atomic E-state index is 13.2. The van der Waals surface area contributed by atoms with Crippen molar-refractivity contribution in [3.63, 3.8) is 0 Å². The fourth-order valence-corrected chi connectivity index (χ4v) is 5.24. The second-order valence-electron chi connectivity index (χ2n) is 9.54. The van der Waals surface area contributed by atoms with Crippen LogP contribution in [0.1, 0.15) is 42.4 Å². The average Bonchev–Trinajstić information content (AvgIpc) is 2.91. The van der Waals surface area contributed by atoms with Crippen molar-refractivity contribution in [3.05, 3.63) is 52.2 Å². The number of rotatable bonds is 6. The van der Waals surface area contributed by atoms with Crippen molar-refractivity contribution in [3.8, 4) is 11.8 Å². The van der Waals surface area contributed by atoms with E-state index in [2.05, 4.69) is 4.98 Å². The van der Waals surface area contributed by atoms with Gasteiger partial charge in [0.05, 0.1) is 46.6 Å². The van der Waals surface area contributed by atoms with Crippen LogP contribution in [0, 0.1) is 11.3 Å². The molecular weight excluding hydrogens is 582 g/mol. The van der Waals surface area contributed by atoms with E-state index in [1.54, 1.807) is 6.07 Å². The van der Waals surface area contributed by atoms with Crippen LogP contribution in [-0.4, -0.2) is 59.9 Å². The monoisotopic (exact) mass is 606 g/mol. The Balaban J connectivity index is 1.20. The summed E-state index contributed by atoms with van der Waals surface area (Å²) in [5.41, 5.74) is -2.37. The molecule has 0 bridgehead atoms. The zero-order valence-electron chi connectivity index (χ0n) is 21.1. The van der Waals surface area contributed by atoms with Crippen LogP contribution in [0.2, 0.25) is 5.02 Å². The Morgan fingerprint density at radius 3 is 2.23 bits per heavy atom. The summed E-state index contributed by atoms with van der Waals surface area (Å²) >= 11 is 11.6. The number of hydrogen-bond acceptors (Lipinski definition) is 6. The summed E-state index contributed by atoms with van der Waals surface area (Å²) in [6.45, 7) is 2.26. The van der Waals surface area contributed by atoms with Crippen LogP contribution in [0.4, 0.5) is 32.2 Å². The summed E-state index contributed by atoms with van der Waals surface area (Å²) in [5, 5.41) is 8.88. The molecule has 216 valence electrons. The lowest BCUT2D eigenvalue weighted by atomic mass is 9.95. The number of halogens is 7. The molecule has 0 amide bonds. The van der Waals surface area contributed by atoms with Crippen molar-refractivity contribution >= 4 is 34.6 Å². The summed E-state index contributed by atoms with van der Waals surface area (Å²) < 4.78 is 90.0. The van der Waals surface area contributed by atoms with E-state index in [9.17, 15) is 26.3 Å². The number of pyridine rings is 1. The number of anilines is 1. The smallest absolute Gasteiger partial charge is 0.417 e. The standard InChI is InChI=1S/C26H25ClF6N4O2S/c27-22-11-17(25(28,29)30)14-35-24(22)37-9-7-36(8-10-37)23(40)15-38-18-3-5-19(6-4-18)39-20-2-1-16(13-34)21(12-20)26(31,32)33/h1-2,11-12,14,18-19H,3-10,15H2/t18-,19-. The molecule has 2 fully saturated rings. The van der Waals surface area contributed by atoms with Crippen LogP contribution in [0.25, 0.3) is 0 Å². The third kappa shape index (κ3) is 7.47. The molecule has 1 aliphatic carbocycles. The van der Waals surface area contributed by atoms with Crippen LogP contribution >= 0.6 is 23.8 Å². The molecule has 0 atom stereocenters. The van der Waals surface area contributed by atoms with Gasteiger partial charge >= 0.3 is 12.4 Å². The van der Waals surface area contributed by atoms with Crippen molar-refractivity contribution in [2.75, 3.05) is 37.7 Å². The van der Waals surface area contributed by atoms with Gasteiger partial charge in [0.25, 0.3) is 0 Å². The molecule has 2 heterocycles. The van der Waals surface area contributed by atoms with Crippen molar-refractivity contribution < 1.29 is 35.8 Å². The lowest BCUT2D eigenvalue weighted by Gasteiger charge is -2.37.